The fraction of sp³-hybridized carbons (Fsp3) is 0.429. The molecule has 0 radical (unpaired) electrons. The standard InChI is InChI=1S/C14H17BN2O3/c1-13(2)14(3,4)20-15(19-13)10-7-5-6-9-8-16-17-12(18)11(9)10/h5-8H,1-4H3,(H,17,18). The third kappa shape index (κ3) is 1.87. The van der Waals surface area contributed by atoms with Gasteiger partial charge in [0, 0.05) is 10.8 Å². The van der Waals surface area contributed by atoms with Crippen LogP contribution in [0.25, 0.3) is 10.8 Å². The summed E-state index contributed by atoms with van der Waals surface area (Å²) < 4.78 is 12.0. The fourth-order valence-electron chi connectivity index (χ4n) is 2.34. The summed E-state index contributed by atoms with van der Waals surface area (Å²) in [5, 5.41) is 7.63. The van der Waals surface area contributed by atoms with Crippen molar-refractivity contribution >= 4 is 23.4 Å². The predicted molar refractivity (Wildman–Crippen MR) is 78.1 cm³/mol. The molecule has 6 heteroatoms. The number of H-pyrrole nitrogens is 1. The molecule has 20 heavy (non-hydrogen) atoms. The van der Waals surface area contributed by atoms with Gasteiger partial charge in [0.1, 0.15) is 0 Å². The Kier molecular flexibility index (Phi) is 2.78. The van der Waals surface area contributed by atoms with Crippen LogP contribution in [-0.2, 0) is 9.31 Å². The van der Waals surface area contributed by atoms with Crippen molar-refractivity contribution in [1.82, 2.24) is 10.2 Å². The highest BCUT2D eigenvalue weighted by atomic mass is 16.7. The molecule has 2 aromatic rings. The van der Waals surface area contributed by atoms with E-state index in [9.17, 15) is 4.79 Å². The van der Waals surface area contributed by atoms with Gasteiger partial charge >= 0.3 is 7.12 Å². The molecule has 0 unspecified atom stereocenters. The Labute approximate surface area is 117 Å². The third-order valence-electron chi connectivity index (χ3n) is 4.23. The summed E-state index contributed by atoms with van der Waals surface area (Å²) in [6.45, 7) is 7.96. The van der Waals surface area contributed by atoms with Crippen molar-refractivity contribution in [3.63, 3.8) is 0 Å². The first kappa shape index (κ1) is 13.3. The summed E-state index contributed by atoms with van der Waals surface area (Å²) >= 11 is 0. The minimum absolute atomic E-state index is 0.229. The maximum atomic E-state index is 12.0. The first-order valence-corrected chi connectivity index (χ1v) is 6.64. The number of aromatic amines is 1. The monoisotopic (exact) mass is 272 g/mol. The van der Waals surface area contributed by atoms with Crippen LogP contribution in [0.1, 0.15) is 27.7 Å². The van der Waals surface area contributed by atoms with Gasteiger partial charge in [-0.2, -0.15) is 5.10 Å². The summed E-state index contributed by atoms with van der Waals surface area (Å²) in [5.41, 5.74) is -0.350. The minimum atomic E-state index is -0.549. The molecule has 1 N–H and O–H groups in total. The molecule has 104 valence electrons. The van der Waals surface area contributed by atoms with Gasteiger partial charge in [-0.25, -0.2) is 5.10 Å². The Morgan fingerprint density at radius 3 is 2.45 bits per heavy atom. The molecule has 1 aliphatic heterocycles. The predicted octanol–water partition coefficient (Wildman–Crippen LogP) is 1.22. The Morgan fingerprint density at radius 2 is 1.80 bits per heavy atom. The van der Waals surface area contributed by atoms with Crippen LogP contribution in [0.5, 0.6) is 0 Å². The van der Waals surface area contributed by atoms with Gasteiger partial charge in [0.05, 0.1) is 17.4 Å². The molecule has 3 rings (SSSR count). The Morgan fingerprint density at radius 1 is 1.15 bits per heavy atom. The molecule has 2 heterocycles. The highest BCUT2D eigenvalue weighted by Crippen LogP contribution is 2.36. The van der Waals surface area contributed by atoms with Crippen molar-refractivity contribution < 1.29 is 9.31 Å². The van der Waals surface area contributed by atoms with Crippen molar-refractivity contribution in [2.45, 2.75) is 38.9 Å². The highest BCUT2D eigenvalue weighted by molar-refractivity contribution is 6.65. The van der Waals surface area contributed by atoms with Crippen molar-refractivity contribution in [2.75, 3.05) is 0 Å². The van der Waals surface area contributed by atoms with E-state index in [4.69, 9.17) is 9.31 Å². The molecule has 0 spiro atoms. The Hall–Kier alpha value is -1.66. The van der Waals surface area contributed by atoms with E-state index < -0.39 is 18.3 Å². The normalized spacial score (nSPS) is 20.5. The van der Waals surface area contributed by atoms with Gasteiger partial charge in [-0.3, -0.25) is 4.79 Å². The number of nitrogens with one attached hydrogen (secondary N) is 1. The molecule has 0 bridgehead atoms. The SMILES string of the molecule is CC1(C)OB(c2cccc3cn[nH]c(=O)c23)OC1(C)C. The first-order chi connectivity index (χ1) is 9.32. The van der Waals surface area contributed by atoms with Crippen molar-refractivity contribution in [2.24, 2.45) is 0 Å². The zero-order chi connectivity index (χ0) is 14.5. The Bertz CT molecular complexity index is 702. The van der Waals surface area contributed by atoms with E-state index in [1.807, 2.05) is 45.9 Å². The number of benzene rings is 1. The van der Waals surface area contributed by atoms with Crippen LogP contribution in [0, 0.1) is 0 Å². The lowest BCUT2D eigenvalue weighted by Gasteiger charge is -2.32. The third-order valence-corrected chi connectivity index (χ3v) is 4.23. The zero-order valence-electron chi connectivity index (χ0n) is 12.1. The van der Waals surface area contributed by atoms with Crippen molar-refractivity contribution in [3.8, 4) is 0 Å². The number of nitrogens with zero attached hydrogens (tertiary/aromatic N) is 1. The van der Waals surface area contributed by atoms with Crippen LogP contribution in [-0.4, -0.2) is 28.5 Å². The second-order valence-corrected chi connectivity index (χ2v) is 6.10. The van der Waals surface area contributed by atoms with Crippen molar-refractivity contribution in [3.05, 3.63) is 34.7 Å². The largest absolute Gasteiger partial charge is 0.495 e. The van der Waals surface area contributed by atoms with E-state index in [1.54, 1.807) is 6.20 Å². The van der Waals surface area contributed by atoms with Gasteiger partial charge in [-0.15, -0.1) is 0 Å². The minimum Gasteiger partial charge on any atom is -0.399 e. The summed E-state index contributed by atoms with van der Waals surface area (Å²) in [6.07, 6.45) is 1.63. The zero-order valence-corrected chi connectivity index (χ0v) is 12.1. The molecule has 1 saturated heterocycles. The second-order valence-electron chi connectivity index (χ2n) is 6.10. The summed E-state index contributed by atoms with van der Waals surface area (Å²) in [4.78, 5) is 12.0. The van der Waals surface area contributed by atoms with E-state index in [2.05, 4.69) is 10.2 Å². The van der Waals surface area contributed by atoms with Gasteiger partial charge in [0.25, 0.3) is 5.56 Å². The number of fused-ring (bicyclic) bond motifs is 1. The summed E-state index contributed by atoms with van der Waals surface area (Å²) in [6, 6.07) is 5.59. The summed E-state index contributed by atoms with van der Waals surface area (Å²) in [7, 11) is -0.549. The average Bonchev–Trinajstić information content (AvgIpc) is 2.58. The van der Waals surface area contributed by atoms with Crippen LogP contribution in [0.15, 0.2) is 29.2 Å². The van der Waals surface area contributed by atoms with Gasteiger partial charge in [0.15, 0.2) is 0 Å². The fourth-order valence-corrected chi connectivity index (χ4v) is 2.34. The molecule has 5 nitrogen and oxygen atoms in total. The van der Waals surface area contributed by atoms with Gasteiger partial charge in [-0.1, -0.05) is 18.2 Å². The van der Waals surface area contributed by atoms with E-state index >= 15 is 0 Å². The second kappa shape index (κ2) is 4.17. The summed E-state index contributed by atoms with van der Waals surface area (Å²) in [5.74, 6) is 0. The van der Waals surface area contributed by atoms with Crippen LogP contribution in [0.3, 0.4) is 0 Å². The molecule has 1 aliphatic rings. The molecular weight excluding hydrogens is 255 g/mol. The van der Waals surface area contributed by atoms with E-state index in [-0.39, 0.29) is 5.56 Å². The van der Waals surface area contributed by atoms with E-state index in [1.165, 1.54) is 0 Å². The molecular formula is C14H17BN2O3. The topological polar surface area (TPSA) is 64.2 Å². The lowest BCUT2D eigenvalue weighted by atomic mass is 9.76. The average molecular weight is 272 g/mol. The smallest absolute Gasteiger partial charge is 0.399 e. The molecule has 0 aliphatic carbocycles. The first-order valence-electron chi connectivity index (χ1n) is 6.64. The molecule has 1 aromatic carbocycles. The molecule has 0 saturated carbocycles. The lowest BCUT2D eigenvalue weighted by Crippen LogP contribution is -2.41. The maximum Gasteiger partial charge on any atom is 0.495 e. The number of hydrogen-bond donors (Lipinski definition) is 1. The number of rotatable bonds is 1. The van der Waals surface area contributed by atoms with Gasteiger partial charge < -0.3 is 9.31 Å². The Balaban J connectivity index is 2.16. The number of aromatic nitrogens is 2. The van der Waals surface area contributed by atoms with Crippen LogP contribution < -0.4 is 11.0 Å². The maximum absolute atomic E-state index is 12.0. The quantitative estimate of drug-likeness (QED) is 0.793. The highest BCUT2D eigenvalue weighted by Gasteiger charge is 2.52. The molecule has 0 atom stereocenters. The van der Waals surface area contributed by atoms with Crippen molar-refractivity contribution in [1.29, 1.82) is 0 Å². The molecule has 1 fully saturated rings. The van der Waals surface area contributed by atoms with E-state index in [0.717, 1.165) is 10.8 Å². The molecule has 1 aromatic heterocycles. The van der Waals surface area contributed by atoms with E-state index in [0.29, 0.717) is 5.39 Å². The van der Waals surface area contributed by atoms with Gasteiger partial charge in [0.2, 0.25) is 0 Å². The van der Waals surface area contributed by atoms with Crippen LogP contribution in [0.4, 0.5) is 0 Å². The van der Waals surface area contributed by atoms with Crippen LogP contribution >= 0.6 is 0 Å². The van der Waals surface area contributed by atoms with Crippen LogP contribution in [0.2, 0.25) is 0 Å². The number of hydrogen-bond acceptors (Lipinski definition) is 4. The van der Waals surface area contributed by atoms with Gasteiger partial charge in [-0.05, 0) is 33.2 Å². The molecule has 0 amide bonds. The lowest BCUT2D eigenvalue weighted by molar-refractivity contribution is 0.00578.